The molecule has 0 amide bonds. The van der Waals surface area contributed by atoms with Crippen LogP contribution in [0.1, 0.15) is 33.4 Å². The summed E-state index contributed by atoms with van der Waals surface area (Å²) in [5, 5.41) is 5.61. The van der Waals surface area contributed by atoms with E-state index in [-0.39, 0.29) is 24.6 Å². The van der Waals surface area contributed by atoms with Gasteiger partial charge in [0.25, 0.3) is 0 Å². The number of nitrogens with zero attached hydrogens (tertiary/aromatic N) is 4. The predicted octanol–water partition coefficient (Wildman–Crippen LogP) is 3.12. The second-order valence-electron chi connectivity index (χ2n) is 9.20. The van der Waals surface area contributed by atoms with E-state index in [4.69, 9.17) is 30.7 Å². The van der Waals surface area contributed by atoms with Gasteiger partial charge in [0.2, 0.25) is 5.95 Å². The van der Waals surface area contributed by atoms with E-state index in [9.17, 15) is 9.36 Å². The van der Waals surface area contributed by atoms with Crippen molar-refractivity contribution in [3.8, 4) is 18.1 Å². The number of carbonyl (C=O) groups is 1. The van der Waals surface area contributed by atoms with Crippen molar-refractivity contribution in [3.05, 3.63) is 36.7 Å². The van der Waals surface area contributed by atoms with E-state index >= 15 is 0 Å². The number of benzene rings is 1. The maximum Gasteiger partial charge on any atom is 0.459 e. The highest BCUT2D eigenvalue weighted by Crippen LogP contribution is 2.46. The Morgan fingerprint density at radius 1 is 1.31 bits per heavy atom. The van der Waals surface area contributed by atoms with Crippen LogP contribution in [-0.2, 0) is 23.4 Å². The molecule has 4 N–H and O–H groups in total. The number of esters is 1. The molecule has 1 aromatic carbocycles. The monoisotopic (exact) mass is 557 g/mol. The van der Waals surface area contributed by atoms with E-state index < -0.39 is 32.1 Å². The maximum atomic E-state index is 13.8. The summed E-state index contributed by atoms with van der Waals surface area (Å²) < 4.78 is 38.4. The van der Waals surface area contributed by atoms with Crippen LogP contribution in [0, 0.1) is 18.3 Å². The van der Waals surface area contributed by atoms with E-state index in [0.717, 1.165) is 0 Å². The molecule has 3 heterocycles. The van der Waals surface area contributed by atoms with Crippen molar-refractivity contribution in [2.24, 2.45) is 5.92 Å². The zero-order valence-electron chi connectivity index (χ0n) is 22.1. The molecule has 13 nitrogen and oxygen atoms in total. The lowest BCUT2D eigenvalue weighted by Crippen LogP contribution is -2.36. The Balaban J connectivity index is 1.51. The smallest absolute Gasteiger partial charge is 0.459 e. The number of hydrogen-bond acceptors (Lipinski definition) is 11. The van der Waals surface area contributed by atoms with Crippen LogP contribution < -0.4 is 20.7 Å². The molecular formula is C25H32N7O6P. The number of carbonyl (C=O) groups excluding carboxylic acids is 1. The fourth-order valence-electron chi connectivity index (χ4n) is 4.07. The lowest BCUT2D eigenvalue weighted by Gasteiger charge is -2.24. The first kappa shape index (κ1) is 28.3. The molecule has 0 bridgehead atoms. The molecule has 5 atom stereocenters. The first-order valence-electron chi connectivity index (χ1n) is 12.4. The molecule has 2 aromatic heterocycles. The third kappa shape index (κ3) is 6.66. The van der Waals surface area contributed by atoms with Crippen LogP contribution in [0.5, 0.6) is 5.75 Å². The number of fused-ring (bicyclic) bond motifs is 1. The molecule has 1 unspecified atom stereocenters. The Bertz CT molecular complexity index is 1390. The number of rotatable bonds is 11. The van der Waals surface area contributed by atoms with Crippen LogP contribution >= 0.6 is 7.75 Å². The number of nitrogen functional groups attached to an aromatic ring is 1. The summed E-state index contributed by atoms with van der Waals surface area (Å²) in [6, 6.07) is 7.53. The number of anilines is 2. The van der Waals surface area contributed by atoms with Crippen LogP contribution in [0.15, 0.2) is 36.7 Å². The van der Waals surface area contributed by atoms with Crippen molar-refractivity contribution < 1.29 is 27.9 Å². The molecular weight excluding hydrogens is 525 g/mol. The number of terminal acetylenes is 1. The molecule has 1 aliphatic heterocycles. The SMILES string of the molecule is C#C[C@H]1C[C@@H](COP(=O)(N[C@H](C)C(=O)OC(C)C)Oc2ccccc2)O[C@H]1n1cnc2c(NC)nc(N)nc21. The third-order valence-electron chi connectivity index (χ3n) is 5.81. The molecule has 4 rings (SSSR count). The fraction of sp³-hybridized carbons (Fsp3) is 0.440. The number of nitrogens with two attached hydrogens (primary N) is 1. The van der Waals surface area contributed by atoms with Gasteiger partial charge < -0.3 is 25.0 Å². The molecule has 14 heteroatoms. The molecule has 0 radical (unpaired) electrons. The topological polar surface area (TPSA) is 165 Å². The van der Waals surface area contributed by atoms with E-state index in [0.29, 0.717) is 29.2 Å². The van der Waals surface area contributed by atoms with Crippen molar-refractivity contribution in [1.82, 2.24) is 24.6 Å². The van der Waals surface area contributed by atoms with E-state index in [1.807, 2.05) is 0 Å². The number of hydrogen-bond donors (Lipinski definition) is 3. The lowest BCUT2D eigenvalue weighted by molar-refractivity contribution is -0.149. The second kappa shape index (κ2) is 12.0. The van der Waals surface area contributed by atoms with Gasteiger partial charge in [0.1, 0.15) is 11.8 Å². The van der Waals surface area contributed by atoms with E-state index in [2.05, 4.69) is 31.3 Å². The van der Waals surface area contributed by atoms with Crippen molar-refractivity contribution in [1.29, 1.82) is 0 Å². The summed E-state index contributed by atoms with van der Waals surface area (Å²) in [6.45, 7) is 4.83. The highest BCUT2D eigenvalue weighted by molar-refractivity contribution is 7.52. The average molecular weight is 558 g/mol. The Labute approximate surface area is 226 Å². The molecule has 0 spiro atoms. The molecule has 1 saturated heterocycles. The Hall–Kier alpha value is -3.69. The Morgan fingerprint density at radius 2 is 2.05 bits per heavy atom. The molecule has 3 aromatic rings. The van der Waals surface area contributed by atoms with Crippen LogP contribution in [-0.4, -0.2) is 57.4 Å². The summed E-state index contributed by atoms with van der Waals surface area (Å²) >= 11 is 0. The average Bonchev–Trinajstić information content (AvgIpc) is 3.50. The molecule has 39 heavy (non-hydrogen) atoms. The number of para-hydroxylation sites is 1. The lowest BCUT2D eigenvalue weighted by atomic mass is 10.0. The molecule has 1 fully saturated rings. The molecule has 0 aliphatic carbocycles. The number of aromatic nitrogens is 4. The predicted molar refractivity (Wildman–Crippen MR) is 145 cm³/mol. The van der Waals surface area contributed by atoms with E-state index in [1.54, 1.807) is 62.1 Å². The number of imidazole rings is 1. The second-order valence-corrected chi connectivity index (χ2v) is 10.9. The van der Waals surface area contributed by atoms with Gasteiger partial charge in [0.15, 0.2) is 23.2 Å². The van der Waals surface area contributed by atoms with Crippen molar-refractivity contribution >= 4 is 36.6 Å². The summed E-state index contributed by atoms with van der Waals surface area (Å²) in [5.74, 6) is 2.62. The zero-order valence-corrected chi connectivity index (χ0v) is 23.0. The Kier molecular flexibility index (Phi) is 8.72. The highest BCUT2D eigenvalue weighted by atomic mass is 31.2. The molecule has 0 saturated carbocycles. The van der Waals surface area contributed by atoms with Gasteiger partial charge in [0.05, 0.1) is 31.1 Å². The summed E-state index contributed by atoms with van der Waals surface area (Å²) in [4.78, 5) is 25.2. The quantitative estimate of drug-likeness (QED) is 0.179. The third-order valence-corrected chi connectivity index (χ3v) is 7.46. The summed E-state index contributed by atoms with van der Waals surface area (Å²) in [6.07, 6.45) is 6.26. The Morgan fingerprint density at radius 3 is 2.72 bits per heavy atom. The van der Waals surface area contributed by atoms with E-state index in [1.165, 1.54) is 6.92 Å². The molecule has 1 aliphatic rings. The molecule has 208 valence electrons. The van der Waals surface area contributed by atoms with Crippen LogP contribution in [0.2, 0.25) is 0 Å². The standard InChI is InChI=1S/C25H32N7O6P/c1-6-17-12-19(37-23(17)32-14-28-20-21(27-5)29-25(26)30-22(20)32)13-35-39(34,38-18-10-8-7-9-11-18)31-16(4)24(33)36-15(2)3/h1,7-11,14-17,19,23H,12-13H2,2-5H3,(H,31,34)(H3,26,27,29,30)/t16-,17+,19+,23-,39?/m1/s1. The maximum absolute atomic E-state index is 13.8. The first-order valence-corrected chi connectivity index (χ1v) is 13.9. The highest BCUT2D eigenvalue weighted by Gasteiger charge is 2.40. The van der Waals surface area contributed by atoms with Gasteiger partial charge in [-0.25, -0.2) is 9.55 Å². The van der Waals surface area contributed by atoms with Crippen LogP contribution in [0.25, 0.3) is 11.2 Å². The van der Waals surface area contributed by atoms with Crippen molar-refractivity contribution in [2.75, 3.05) is 24.7 Å². The van der Waals surface area contributed by atoms with Crippen LogP contribution in [0.4, 0.5) is 11.8 Å². The first-order chi connectivity index (χ1) is 18.6. The number of ether oxygens (including phenoxy) is 2. The normalized spacial score (nSPS) is 21.3. The fourth-order valence-corrected chi connectivity index (χ4v) is 5.60. The van der Waals surface area contributed by atoms with Gasteiger partial charge in [-0.05, 0) is 39.3 Å². The van der Waals surface area contributed by atoms with Crippen molar-refractivity contribution in [3.63, 3.8) is 0 Å². The minimum atomic E-state index is -4.06. The van der Waals surface area contributed by atoms with Crippen molar-refractivity contribution in [2.45, 2.75) is 51.7 Å². The summed E-state index contributed by atoms with van der Waals surface area (Å²) in [5.41, 5.74) is 6.85. The van der Waals surface area contributed by atoms with Gasteiger partial charge >= 0.3 is 13.7 Å². The largest absolute Gasteiger partial charge is 0.462 e. The van der Waals surface area contributed by atoms with Gasteiger partial charge in [0, 0.05) is 7.05 Å². The minimum Gasteiger partial charge on any atom is -0.462 e. The number of nitrogens with one attached hydrogen (secondary N) is 2. The summed E-state index contributed by atoms with van der Waals surface area (Å²) in [7, 11) is -2.35. The van der Waals surface area contributed by atoms with Crippen LogP contribution in [0.3, 0.4) is 0 Å². The van der Waals surface area contributed by atoms with Gasteiger partial charge in [-0.2, -0.15) is 15.1 Å². The van der Waals surface area contributed by atoms with Gasteiger partial charge in [-0.1, -0.05) is 24.1 Å². The minimum absolute atomic E-state index is 0.0684. The van der Waals surface area contributed by atoms with Gasteiger partial charge in [-0.3, -0.25) is 13.9 Å². The van der Waals surface area contributed by atoms with Gasteiger partial charge in [-0.15, -0.1) is 6.42 Å². The zero-order chi connectivity index (χ0) is 28.2.